The Bertz CT molecular complexity index is 1520. The summed E-state index contributed by atoms with van der Waals surface area (Å²) in [7, 11) is -1.13. The number of rotatable bonds is 6. The molecule has 1 aliphatic carbocycles. The van der Waals surface area contributed by atoms with Gasteiger partial charge in [-0.3, -0.25) is 0 Å². The van der Waals surface area contributed by atoms with Crippen LogP contribution in [0.3, 0.4) is 0 Å². The van der Waals surface area contributed by atoms with Gasteiger partial charge in [-0.15, -0.1) is 0 Å². The molecular weight excluding hydrogens is 482 g/mol. The van der Waals surface area contributed by atoms with Gasteiger partial charge in [0.05, 0.1) is 27.3 Å². The number of benzene rings is 2. The topological polar surface area (TPSA) is 75.3 Å². The lowest BCUT2D eigenvalue weighted by Gasteiger charge is -2.28. The first-order chi connectivity index (χ1) is 16.9. The molecule has 2 aromatic heterocycles. The quantitative estimate of drug-likeness (QED) is 0.361. The monoisotopic (exact) mass is 509 g/mol. The molecule has 0 amide bonds. The maximum absolute atomic E-state index is 12.9. The zero-order chi connectivity index (χ0) is 24.2. The lowest BCUT2D eigenvalue weighted by atomic mass is 9.98. The van der Waals surface area contributed by atoms with Crippen LogP contribution >= 0.6 is 11.6 Å². The molecule has 1 saturated carbocycles. The van der Waals surface area contributed by atoms with Crippen molar-refractivity contribution in [1.29, 1.82) is 0 Å². The van der Waals surface area contributed by atoms with Crippen molar-refractivity contribution in [2.45, 2.75) is 35.8 Å². The fourth-order valence-corrected chi connectivity index (χ4v) is 6.90. The zero-order valence-corrected chi connectivity index (χ0v) is 21.2. The maximum atomic E-state index is 12.9. The first kappa shape index (κ1) is 22.8. The SMILES string of the molecule is CN1CCC(COc2ccc(-c3cccc(S(=O)(=O)C4CC4)c3)c3c2[nH]c2ncc(Cl)cc23)CC1. The maximum Gasteiger partial charge on any atom is 0.181 e. The molecule has 0 bridgehead atoms. The van der Waals surface area contributed by atoms with Crippen molar-refractivity contribution >= 4 is 43.4 Å². The highest BCUT2D eigenvalue weighted by Gasteiger charge is 2.37. The standard InChI is InChI=1S/C27H28ClN3O3S/c1-31-11-9-17(10-12-31)16-34-24-8-7-22(25-23-14-19(28)15-29-27(23)30-26(24)25)18-3-2-4-21(13-18)35(32,33)20-5-6-20/h2-4,7-8,13-15,17,20H,5-6,9-12,16H2,1H3,(H,29,30). The van der Waals surface area contributed by atoms with E-state index in [1.165, 1.54) is 0 Å². The molecule has 2 aromatic carbocycles. The number of nitrogens with zero attached hydrogens (tertiary/aromatic N) is 2. The third kappa shape index (κ3) is 4.30. The molecule has 0 atom stereocenters. The van der Waals surface area contributed by atoms with Crippen molar-refractivity contribution in [3.8, 4) is 16.9 Å². The molecule has 1 N–H and O–H groups in total. The van der Waals surface area contributed by atoms with E-state index in [0.29, 0.717) is 22.4 Å². The van der Waals surface area contributed by atoms with Crippen LogP contribution in [-0.4, -0.2) is 55.3 Å². The summed E-state index contributed by atoms with van der Waals surface area (Å²) in [6.45, 7) is 2.86. The van der Waals surface area contributed by atoms with Crippen molar-refractivity contribution in [3.63, 3.8) is 0 Å². The number of hydrogen-bond donors (Lipinski definition) is 1. The van der Waals surface area contributed by atoms with Crippen LogP contribution in [0.4, 0.5) is 0 Å². The normalized spacial score (nSPS) is 17.9. The van der Waals surface area contributed by atoms with E-state index in [2.05, 4.69) is 21.9 Å². The van der Waals surface area contributed by atoms with Crippen LogP contribution < -0.4 is 4.74 Å². The molecule has 1 aliphatic heterocycles. The van der Waals surface area contributed by atoms with Crippen molar-refractivity contribution in [2.75, 3.05) is 26.7 Å². The molecule has 0 spiro atoms. The van der Waals surface area contributed by atoms with Gasteiger partial charge in [-0.2, -0.15) is 0 Å². The molecular formula is C27H28ClN3O3S. The first-order valence-corrected chi connectivity index (χ1v) is 14.1. The van der Waals surface area contributed by atoms with Crippen LogP contribution in [0.2, 0.25) is 5.02 Å². The summed E-state index contributed by atoms with van der Waals surface area (Å²) in [4.78, 5) is 10.7. The molecule has 6 nitrogen and oxygen atoms in total. The summed E-state index contributed by atoms with van der Waals surface area (Å²) >= 11 is 6.32. The van der Waals surface area contributed by atoms with Gasteiger partial charge in [-0.25, -0.2) is 13.4 Å². The Morgan fingerprint density at radius 2 is 1.91 bits per heavy atom. The van der Waals surface area contributed by atoms with E-state index in [-0.39, 0.29) is 5.25 Å². The predicted molar refractivity (Wildman–Crippen MR) is 140 cm³/mol. The smallest absolute Gasteiger partial charge is 0.181 e. The van der Waals surface area contributed by atoms with Gasteiger partial charge in [0.1, 0.15) is 11.4 Å². The molecule has 0 radical (unpaired) electrons. The Kier molecular flexibility index (Phi) is 5.74. The largest absolute Gasteiger partial charge is 0.491 e. The van der Waals surface area contributed by atoms with Crippen LogP contribution in [0, 0.1) is 5.92 Å². The Labute approximate surface area is 210 Å². The molecule has 35 heavy (non-hydrogen) atoms. The number of aromatic amines is 1. The minimum absolute atomic E-state index is 0.246. The van der Waals surface area contributed by atoms with Crippen LogP contribution in [0.15, 0.2) is 53.6 Å². The lowest BCUT2D eigenvalue weighted by molar-refractivity contribution is 0.161. The summed E-state index contributed by atoms with van der Waals surface area (Å²) in [5, 5.41) is 2.14. The number of halogens is 1. The molecule has 6 rings (SSSR count). The van der Waals surface area contributed by atoms with Crippen molar-refractivity contribution in [3.05, 3.63) is 53.7 Å². The number of H-pyrrole nitrogens is 1. The van der Waals surface area contributed by atoms with E-state index in [9.17, 15) is 8.42 Å². The van der Waals surface area contributed by atoms with Gasteiger partial charge in [-0.05, 0) is 93.2 Å². The zero-order valence-electron chi connectivity index (χ0n) is 19.6. The second kappa shape index (κ2) is 8.80. The molecule has 3 heterocycles. The van der Waals surface area contributed by atoms with Crippen LogP contribution in [0.5, 0.6) is 5.75 Å². The highest BCUT2D eigenvalue weighted by molar-refractivity contribution is 7.92. The Hall–Kier alpha value is -2.61. The Morgan fingerprint density at radius 1 is 1.11 bits per heavy atom. The minimum atomic E-state index is -3.29. The van der Waals surface area contributed by atoms with Gasteiger partial charge in [-0.1, -0.05) is 23.7 Å². The number of pyridine rings is 1. The molecule has 0 unspecified atom stereocenters. The van der Waals surface area contributed by atoms with Crippen molar-refractivity contribution in [1.82, 2.24) is 14.9 Å². The van der Waals surface area contributed by atoms with E-state index in [4.69, 9.17) is 16.3 Å². The number of nitrogens with one attached hydrogen (secondary N) is 1. The van der Waals surface area contributed by atoms with E-state index < -0.39 is 9.84 Å². The first-order valence-electron chi connectivity index (χ1n) is 12.2. The second-order valence-corrected chi connectivity index (χ2v) is 12.5. The fourth-order valence-electron chi connectivity index (χ4n) is 5.04. The highest BCUT2D eigenvalue weighted by atomic mass is 35.5. The van der Waals surface area contributed by atoms with Crippen molar-refractivity contribution < 1.29 is 13.2 Å². The molecule has 8 heteroatoms. The lowest BCUT2D eigenvalue weighted by Crippen LogP contribution is -2.32. The van der Waals surface area contributed by atoms with E-state index in [1.54, 1.807) is 18.3 Å². The Morgan fingerprint density at radius 3 is 2.69 bits per heavy atom. The summed E-state index contributed by atoms with van der Waals surface area (Å²) < 4.78 is 32.2. The summed E-state index contributed by atoms with van der Waals surface area (Å²) in [5.74, 6) is 1.31. The van der Waals surface area contributed by atoms with E-state index >= 15 is 0 Å². The third-order valence-corrected chi connectivity index (χ3v) is 9.75. The molecule has 2 fully saturated rings. The highest BCUT2D eigenvalue weighted by Crippen LogP contribution is 2.41. The van der Waals surface area contributed by atoms with Crippen molar-refractivity contribution in [2.24, 2.45) is 5.92 Å². The molecule has 4 aromatic rings. The van der Waals surface area contributed by atoms with Gasteiger partial charge in [0.15, 0.2) is 9.84 Å². The van der Waals surface area contributed by atoms with Gasteiger partial charge in [0.2, 0.25) is 0 Å². The third-order valence-electron chi connectivity index (χ3n) is 7.28. The van der Waals surface area contributed by atoms with E-state index in [1.807, 2.05) is 30.3 Å². The summed E-state index contributed by atoms with van der Waals surface area (Å²) in [6.07, 6.45) is 5.37. The molecule has 1 saturated heterocycles. The van der Waals surface area contributed by atoms with Gasteiger partial charge in [0, 0.05) is 17.0 Å². The fraction of sp³-hybridized carbons (Fsp3) is 0.370. The van der Waals surface area contributed by atoms with Crippen LogP contribution in [0.1, 0.15) is 25.7 Å². The number of aromatic nitrogens is 2. The molecule has 182 valence electrons. The number of fused-ring (bicyclic) bond motifs is 3. The summed E-state index contributed by atoms with van der Waals surface area (Å²) in [6, 6.07) is 13.2. The molecule has 2 aliphatic rings. The van der Waals surface area contributed by atoms with Gasteiger partial charge in [0.25, 0.3) is 0 Å². The second-order valence-electron chi connectivity index (χ2n) is 9.87. The van der Waals surface area contributed by atoms with Gasteiger partial charge >= 0.3 is 0 Å². The summed E-state index contributed by atoms with van der Waals surface area (Å²) in [5.41, 5.74) is 3.35. The van der Waals surface area contributed by atoms with E-state index in [0.717, 1.165) is 77.6 Å². The number of sulfone groups is 1. The average molecular weight is 510 g/mol. The average Bonchev–Trinajstić information content (AvgIpc) is 3.66. The number of piperidine rings is 1. The minimum Gasteiger partial charge on any atom is -0.491 e. The number of ether oxygens (including phenoxy) is 1. The van der Waals surface area contributed by atoms with Crippen LogP contribution in [0.25, 0.3) is 33.1 Å². The Balaban J connectivity index is 1.44. The number of likely N-dealkylation sites (tertiary alicyclic amines) is 1. The van der Waals surface area contributed by atoms with Crippen LogP contribution in [-0.2, 0) is 9.84 Å². The van der Waals surface area contributed by atoms with Gasteiger partial charge < -0.3 is 14.6 Å². The number of hydrogen-bond acceptors (Lipinski definition) is 5. The predicted octanol–water partition coefficient (Wildman–Crippen LogP) is 5.69.